The van der Waals surface area contributed by atoms with E-state index in [0.29, 0.717) is 37.5 Å². The van der Waals surface area contributed by atoms with Gasteiger partial charge >= 0.3 is 0 Å². The van der Waals surface area contributed by atoms with Gasteiger partial charge in [0, 0.05) is 47.7 Å². The number of hydrogen-bond acceptors (Lipinski definition) is 3. The minimum Gasteiger partial charge on any atom is -0.361 e. The van der Waals surface area contributed by atoms with E-state index in [1.54, 1.807) is 12.1 Å². The van der Waals surface area contributed by atoms with Crippen LogP contribution in [0.3, 0.4) is 0 Å². The molecule has 1 fully saturated rings. The van der Waals surface area contributed by atoms with Gasteiger partial charge in [-0.15, -0.1) is 0 Å². The second kappa shape index (κ2) is 8.79. The van der Waals surface area contributed by atoms with Gasteiger partial charge in [-0.25, -0.2) is 8.42 Å². The highest BCUT2D eigenvalue weighted by atomic mass is 35.5. The molecule has 0 bridgehead atoms. The lowest BCUT2D eigenvalue weighted by Crippen LogP contribution is -2.43. The van der Waals surface area contributed by atoms with Gasteiger partial charge in [0.2, 0.25) is 15.9 Å². The molecule has 0 radical (unpaired) electrons. The van der Waals surface area contributed by atoms with Crippen LogP contribution in [-0.2, 0) is 21.2 Å². The lowest BCUT2D eigenvalue weighted by Gasteiger charge is -2.30. The highest BCUT2D eigenvalue weighted by Crippen LogP contribution is 2.25. The van der Waals surface area contributed by atoms with Crippen molar-refractivity contribution in [2.45, 2.75) is 24.2 Å². The summed E-state index contributed by atoms with van der Waals surface area (Å²) in [5.74, 6) is -0.164. The number of aromatic amines is 1. The van der Waals surface area contributed by atoms with Crippen molar-refractivity contribution in [1.29, 1.82) is 0 Å². The number of benzene rings is 2. The van der Waals surface area contributed by atoms with Crippen LogP contribution in [0.1, 0.15) is 18.4 Å². The average Bonchev–Trinajstić information content (AvgIpc) is 3.17. The molecule has 2 aromatic carbocycles. The van der Waals surface area contributed by atoms with Crippen LogP contribution >= 0.6 is 11.6 Å². The van der Waals surface area contributed by atoms with Gasteiger partial charge < -0.3 is 10.3 Å². The number of H-pyrrole nitrogens is 1. The van der Waals surface area contributed by atoms with Crippen LogP contribution in [0.15, 0.2) is 59.6 Å². The molecular weight excluding hydrogens is 422 g/mol. The molecule has 0 aliphatic carbocycles. The molecule has 1 amide bonds. The number of fused-ring (bicyclic) bond motifs is 1. The van der Waals surface area contributed by atoms with Gasteiger partial charge in [0.1, 0.15) is 0 Å². The standard InChI is InChI=1S/C22H24ClN3O3S/c23-18-5-7-19(8-6-18)30(28,29)26-13-10-16(11-14-26)22(27)24-12-9-17-15-25-21-4-2-1-3-20(17)21/h1-8,15-16,25H,9-14H2,(H,24,27). The van der Waals surface area contributed by atoms with Gasteiger partial charge in [0.25, 0.3) is 0 Å². The third-order valence-electron chi connectivity index (χ3n) is 5.64. The molecule has 0 unspecified atom stereocenters. The summed E-state index contributed by atoms with van der Waals surface area (Å²) < 4.78 is 27.0. The smallest absolute Gasteiger partial charge is 0.243 e. The normalized spacial score (nSPS) is 16.0. The molecule has 1 aromatic heterocycles. The largest absolute Gasteiger partial charge is 0.361 e. The Hall–Kier alpha value is -2.35. The van der Waals surface area contributed by atoms with Crippen molar-refractivity contribution >= 4 is 38.4 Å². The van der Waals surface area contributed by atoms with Gasteiger partial charge in [-0.3, -0.25) is 4.79 Å². The molecule has 2 heterocycles. The Labute approximate surface area is 181 Å². The maximum absolute atomic E-state index is 12.8. The first-order chi connectivity index (χ1) is 14.4. The minimum atomic E-state index is -3.56. The molecule has 6 nitrogen and oxygen atoms in total. The lowest BCUT2D eigenvalue weighted by molar-refractivity contribution is -0.126. The van der Waals surface area contributed by atoms with E-state index in [2.05, 4.69) is 16.4 Å². The molecular formula is C22H24ClN3O3S. The fraction of sp³-hybridized carbons (Fsp3) is 0.318. The molecule has 1 aliphatic rings. The average molecular weight is 446 g/mol. The van der Waals surface area contributed by atoms with Gasteiger partial charge in [-0.1, -0.05) is 29.8 Å². The number of nitrogens with one attached hydrogen (secondary N) is 2. The van der Waals surface area contributed by atoms with E-state index < -0.39 is 10.0 Å². The summed E-state index contributed by atoms with van der Waals surface area (Å²) in [6, 6.07) is 14.3. The predicted octanol–water partition coefficient (Wildman–Crippen LogP) is 3.58. The third kappa shape index (κ3) is 4.38. The molecule has 4 rings (SSSR count). The van der Waals surface area contributed by atoms with Crippen LogP contribution in [0.5, 0.6) is 0 Å². The number of aromatic nitrogens is 1. The monoisotopic (exact) mass is 445 g/mol. The fourth-order valence-corrected chi connectivity index (χ4v) is 5.51. The van der Waals surface area contributed by atoms with E-state index in [1.165, 1.54) is 27.4 Å². The minimum absolute atomic E-state index is 0.00150. The predicted molar refractivity (Wildman–Crippen MR) is 118 cm³/mol. The van der Waals surface area contributed by atoms with Crippen molar-refractivity contribution in [2.75, 3.05) is 19.6 Å². The Morgan fingerprint density at radius 2 is 1.80 bits per heavy atom. The van der Waals surface area contributed by atoms with Crippen LogP contribution in [0.4, 0.5) is 0 Å². The molecule has 0 spiro atoms. The zero-order valence-corrected chi connectivity index (χ0v) is 18.0. The molecule has 0 atom stereocenters. The van der Waals surface area contributed by atoms with Crippen molar-refractivity contribution in [3.8, 4) is 0 Å². The van der Waals surface area contributed by atoms with Crippen molar-refractivity contribution in [1.82, 2.24) is 14.6 Å². The van der Waals surface area contributed by atoms with Crippen LogP contribution in [-0.4, -0.2) is 43.2 Å². The summed E-state index contributed by atoms with van der Waals surface area (Å²) in [4.78, 5) is 16.0. The summed E-state index contributed by atoms with van der Waals surface area (Å²) in [5.41, 5.74) is 2.27. The lowest BCUT2D eigenvalue weighted by atomic mass is 9.97. The SMILES string of the molecule is O=C(NCCc1c[nH]c2ccccc12)C1CCN(S(=O)(=O)c2ccc(Cl)cc2)CC1. The molecule has 3 aromatic rings. The van der Waals surface area contributed by atoms with Crippen LogP contribution in [0.2, 0.25) is 5.02 Å². The summed E-state index contributed by atoms with van der Waals surface area (Å²) in [6.07, 6.45) is 3.77. The van der Waals surface area contributed by atoms with Gasteiger partial charge in [-0.2, -0.15) is 4.31 Å². The highest BCUT2D eigenvalue weighted by Gasteiger charge is 2.31. The van der Waals surface area contributed by atoms with Gasteiger partial charge in [0.05, 0.1) is 4.90 Å². The number of para-hydroxylation sites is 1. The quantitative estimate of drug-likeness (QED) is 0.608. The Balaban J connectivity index is 1.28. The molecule has 0 saturated carbocycles. The van der Waals surface area contributed by atoms with E-state index in [4.69, 9.17) is 11.6 Å². The number of rotatable bonds is 6. The highest BCUT2D eigenvalue weighted by molar-refractivity contribution is 7.89. The number of piperidine rings is 1. The zero-order valence-electron chi connectivity index (χ0n) is 16.5. The van der Waals surface area contributed by atoms with Crippen LogP contribution < -0.4 is 5.32 Å². The Bertz CT molecular complexity index is 1130. The van der Waals surface area contributed by atoms with E-state index in [1.807, 2.05) is 24.4 Å². The van der Waals surface area contributed by atoms with E-state index in [-0.39, 0.29) is 16.7 Å². The molecule has 1 saturated heterocycles. The summed E-state index contributed by atoms with van der Waals surface area (Å²) in [7, 11) is -3.56. The number of carbonyl (C=O) groups is 1. The fourth-order valence-electron chi connectivity index (χ4n) is 3.92. The summed E-state index contributed by atoms with van der Waals surface area (Å²) >= 11 is 5.85. The Kier molecular flexibility index (Phi) is 6.13. The number of carbonyl (C=O) groups excluding carboxylic acids is 1. The second-order valence-corrected chi connectivity index (χ2v) is 9.91. The Morgan fingerprint density at radius 3 is 2.53 bits per heavy atom. The first-order valence-corrected chi connectivity index (χ1v) is 11.9. The second-order valence-electron chi connectivity index (χ2n) is 7.53. The van der Waals surface area contributed by atoms with Crippen LogP contribution in [0, 0.1) is 5.92 Å². The van der Waals surface area contributed by atoms with Crippen molar-refractivity contribution in [2.24, 2.45) is 5.92 Å². The van der Waals surface area contributed by atoms with Gasteiger partial charge in [0.15, 0.2) is 0 Å². The molecule has 2 N–H and O–H groups in total. The number of hydrogen-bond donors (Lipinski definition) is 2. The molecule has 158 valence electrons. The van der Waals surface area contributed by atoms with Crippen molar-refractivity contribution in [3.05, 3.63) is 65.3 Å². The van der Waals surface area contributed by atoms with Gasteiger partial charge in [-0.05, 0) is 55.2 Å². The van der Waals surface area contributed by atoms with Crippen LogP contribution in [0.25, 0.3) is 10.9 Å². The Morgan fingerprint density at radius 1 is 1.10 bits per heavy atom. The van der Waals surface area contributed by atoms with E-state index >= 15 is 0 Å². The number of nitrogens with zero attached hydrogens (tertiary/aromatic N) is 1. The maximum atomic E-state index is 12.8. The molecule has 8 heteroatoms. The maximum Gasteiger partial charge on any atom is 0.243 e. The van der Waals surface area contributed by atoms with E-state index in [9.17, 15) is 13.2 Å². The topological polar surface area (TPSA) is 82.3 Å². The number of halogens is 1. The summed E-state index contributed by atoms with van der Waals surface area (Å²) in [6.45, 7) is 1.24. The summed E-state index contributed by atoms with van der Waals surface area (Å²) in [5, 5.41) is 4.68. The number of amides is 1. The molecule has 30 heavy (non-hydrogen) atoms. The zero-order chi connectivity index (χ0) is 21.1. The first kappa shape index (κ1) is 20.9. The number of sulfonamides is 1. The first-order valence-electron chi connectivity index (χ1n) is 10.0. The third-order valence-corrected chi connectivity index (χ3v) is 7.81. The van der Waals surface area contributed by atoms with Crippen molar-refractivity contribution in [3.63, 3.8) is 0 Å². The van der Waals surface area contributed by atoms with Crippen molar-refractivity contribution < 1.29 is 13.2 Å². The molecule has 1 aliphatic heterocycles. The van der Waals surface area contributed by atoms with E-state index in [0.717, 1.165) is 11.9 Å².